The van der Waals surface area contributed by atoms with Crippen LogP contribution in [0.25, 0.3) is 0 Å². The van der Waals surface area contributed by atoms with Crippen LogP contribution in [-0.2, 0) is 0 Å². The van der Waals surface area contributed by atoms with Crippen LogP contribution >= 0.6 is 0 Å². The molecular weight excluding hydrogens is 93.1 g/mol. The smallest absolute Gasteiger partial charge is 0.124 e. The van der Waals surface area contributed by atoms with Crippen LogP contribution in [0.1, 0.15) is 6.42 Å². The van der Waals surface area contributed by atoms with E-state index in [4.69, 9.17) is 5.26 Å². The molecule has 1 unspecified atom stereocenters. The van der Waals surface area contributed by atoms with Gasteiger partial charge in [-0.25, -0.2) is 4.39 Å². The third kappa shape index (κ3) is 0.614. The number of alkyl halides is 1. The highest BCUT2D eigenvalue weighted by Gasteiger charge is 2.16. The standard InChI is InChI=1S/C5H4FN/c6-5-1-4(2-5)3-7/h1,5H,2H2. The van der Waals surface area contributed by atoms with Crippen molar-refractivity contribution in [3.05, 3.63) is 11.6 Å². The van der Waals surface area contributed by atoms with Crippen LogP contribution in [0.15, 0.2) is 11.6 Å². The van der Waals surface area contributed by atoms with E-state index in [1.54, 1.807) is 0 Å². The topological polar surface area (TPSA) is 23.8 Å². The van der Waals surface area contributed by atoms with Crippen LogP contribution in [0.2, 0.25) is 0 Å². The molecule has 0 saturated carbocycles. The number of allylic oxidation sites excluding steroid dienone is 2. The molecule has 0 aromatic rings. The molecule has 0 bridgehead atoms. The first-order valence-electron chi connectivity index (χ1n) is 2.08. The molecule has 0 radical (unpaired) electrons. The molecule has 0 N–H and O–H groups in total. The average Bonchev–Trinajstić information content (AvgIpc) is 1.58. The largest absolute Gasteiger partial charge is 0.243 e. The summed E-state index contributed by atoms with van der Waals surface area (Å²) in [5.41, 5.74) is 0.576. The first kappa shape index (κ1) is 4.32. The van der Waals surface area contributed by atoms with E-state index in [1.807, 2.05) is 6.07 Å². The maximum absolute atomic E-state index is 11.7. The molecule has 0 fully saturated rings. The maximum atomic E-state index is 11.7. The SMILES string of the molecule is N#CC1=CC(F)C1. The molecule has 0 aliphatic heterocycles. The number of nitrogens with zero attached hydrogens (tertiary/aromatic N) is 1. The first-order valence-corrected chi connectivity index (χ1v) is 2.08. The Morgan fingerprint density at radius 3 is 2.71 bits per heavy atom. The summed E-state index contributed by atoms with van der Waals surface area (Å²) in [5, 5.41) is 8.02. The van der Waals surface area contributed by atoms with E-state index >= 15 is 0 Å². The second-order valence-electron chi connectivity index (χ2n) is 1.52. The number of halogens is 1. The van der Waals surface area contributed by atoms with E-state index < -0.39 is 6.17 Å². The Morgan fingerprint density at radius 1 is 2.00 bits per heavy atom. The van der Waals surface area contributed by atoms with Gasteiger partial charge in [0.25, 0.3) is 0 Å². The third-order valence-electron chi connectivity index (χ3n) is 0.941. The minimum absolute atomic E-state index is 0.330. The minimum Gasteiger partial charge on any atom is -0.243 e. The fraction of sp³-hybridized carbons (Fsp3) is 0.400. The van der Waals surface area contributed by atoms with Crippen LogP contribution in [0, 0.1) is 11.3 Å². The zero-order chi connectivity index (χ0) is 5.28. The van der Waals surface area contributed by atoms with Gasteiger partial charge >= 0.3 is 0 Å². The van der Waals surface area contributed by atoms with Crippen molar-refractivity contribution in [2.24, 2.45) is 0 Å². The summed E-state index contributed by atoms with van der Waals surface area (Å²) in [6.07, 6.45) is 0.825. The van der Waals surface area contributed by atoms with E-state index in [9.17, 15) is 4.39 Å². The van der Waals surface area contributed by atoms with Gasteiger partial charge < -0.3 is 0 Å². The van der Waals surface area contributed by atoms with Gasteiger partial charge in [-0.05, 0) is 6.08 Å². The second kappa shape index (κ2) is 1.34. The fourth-order valence-electron chi connectivity index (χ4n) is 0.478. The lowest BCUT2D eigenvalue weighted by Gasteiger charge is -2.10. The van der Waals surface area contributed by atoms with E-state index in [-0.39, 0.29) is 0 Å². The molecule has 7 heavy (non-hydrogen) atoms. The summed E-state index contributed by atoms with van der Waals surface area (Å²) in [5.74, 6) is 0. The summed E-state index contributed by atoms with van der Waals surface area (Å²) >= 11 is 0. The van der Waals surface area contributed by atoms with Gasteiger partial charge in [0.1, 0.15) is 6.17 Å². The lowest BCUT2D eigenvalue weighted by Crippen LogP contribution is -2.07. The molecule has 2 heteroatoms. The quantitative estimate of drug-likeness (QED) is 0.445. The Hall–Kier alpha value is -0.840. The monoisotopic (exact) mass is 97.0 g/mol. The van der Waals surface area contributed by atoms with Gasteiger partial charge in [-0.3, -0.25) is 0 Å². The molecule has 1 aliphatic rings. The molecule has 0 amide bonds. The van der Waals surface area contributed by atoms with Crippen molar-refractivity contribution in [1.29, 1.82) is 5.26 Å². The summed E-state index contributed by atoms with van der Waals surface area (Å²) < 4.78 is 11.7. The number of rotatable bonds is 0. The summed E-state index contributed by atoms with van der Waals surface area (Å²) in [4.78, 5) is 0. The van der Waals surface area contributed by atoms with Crippen molar-refractivity contribution < 1.29 is 4.39 Å². The summed E-state index contributed by atoms with van der Waals surface area (Å²) in [6, 6.07) is 1.85. The molecule has 1 aliphatic carbocycles. The number of nitriles is 1. The third-order valence-corrected chi connectivity index (χ3v) is 0.941. The van der Waals surface area contributed by atoms with Crippen LogP contribution in [0.4, 0.5) is 4.39 Å². The van der Waals surface area contributed by atoms with Crippen molar-refractivity contribution in [3.8, 4) is 6.07 Å². The predicted molar refractivity (Wildman–Crippen MR) is 23.2 cm³/mol. The minimum atomic E-state index is -0.838. The first-order chi connectivity index (χ1) is 3.33. The summed E-state index contributed by atoms with van der Waals surface area (Å²) in [7, 11) is 0. The van der Waals surface area contributed by atoms with Gasteiger partial charge in [0.05, 0.1) is 6.07 Å². The van der Waals surface area contributed by atoms with E-state index in [2.05, 4.69) is 0 Å². The molecule has 1 nitrogen and oxygen atoms in total. The van der Waals surface area contributed by atoms with E-state index in [0.29, 0.717) is 12.0 Å². The van der Waals surface area contributed by atoms with Gasteiger partial charge in [-0.15, -0.1) is 0 Å². The molecule has 0 heterocycles. The molecule has 36 valence electrons. The number of hydrogen-bond acceptors (Lipinski definition) is 1. The molecule has 0 aromatic carbocycles. The van der Waals surface area contributed by atoms with Gasteiger partial charge in [0.15, 0.2) is 0 Å². The molecule has 1 atom stereocenters. The van der Waals surface area contributed by atoms with Crippen LogP contribution in [0.3, 0.4) is 0 Å². The van der Waals surface area contributed by atoms with Crippen molar-refractivity contribution in [3.63, 3.8) is 0 Å². The highest BCUT2D eigenvalue weighted by molar-refractivity contribution is 5.31. The van der Waals surface area contributed by atoms with Crippen molar-refractivity contribution >= 4 is 0 Å². The predicted octanol–water partition coefficient (Wildman–Crippen LogP) is 1.18. The lowest BCUT2D eigenvalue weighted by molar-refractivity contribution is 0.371. The Balaban J connectivity index is 2.55. The van der Waals surface area contributed by atoms with Gasteiger partial charge in [0, 0.05) is 12.0 Å². The average molecular weight is 97.1 g/mol. The van der Waals surface area contributed by atoms with E-state index in [0.717, 1.165) is 0 Å². The van der Waals surface area contributed by atoms with Crippen LogP contribution in [0.5, 0.6) is 0 Å². The van der Waals surface area contributed by atoms with Gasteiger partial charge in [-0.1, -0.05) is 0 Å². The maximum Gasteiger partial charge on any atom is 0.124 e. The Kier molecular flexibility index (Phi) is 0.828. The Morgan fingerprint density at radius 2 is 2.57 bits per heavy atom. The highest BCUT2D eigenvalue weighted by Crippen LogP contribution is 2.20. The van der Waals surface area contributed by atoms with Gasteiger partial charge in [-0.2, -0.15) is 5.26 Å². The normalized spacial score (nSPS) is 27.4. The molecule has 0 aromatic heterocycles. The van der Waals surface area contributed by atoms with Crippen molar-refractivity contribution in [1.82, 2.24) is 0 Å². The Bertz CT molecular complexity index is 143. The fourth-order valence-corrected chi connectivity index (χ4v) is 0.478. The lowest BCUT2D eigenvalue weighted by atomic mass is 9.99. The van der Waals surface area contributed by atoms with Crippen molar-refractivity contribution in [2.75, 3.05) is 0 Å². The zero-order valence-electron chi connectivity index (χ0n) is 3.69. The molecular formula is C5H4FN. The van der Waals surface area contributed by atoms with Crippen LogP contribution < -0.4 is 0 Å². The molecule has 0 spiro atoms. The second-order valence-corrected chi connectivity index (χ2v) is 1.52. The van der Waals surface area contributed by atoms with Gasteiger partial charge in [0.2, 0.25) is 0 Å². The summed E-state index contributed by atoms with van der Waals surface area (Å²) in [6.45, 7) is 0. The number of hydrogen-bond donors (Lipinski definition) is 0. The van der Waals surface area contributed by atoms with Crippen molar-refractivity contribution in [2.45, 2.75) is 12.6 Å². The van der Waals surface area contributed by atoms with E-state index in [1.165, 1.54) is 6.08 Å². The molecule has 0 saturated heterocycles. The highest BCUT2D eigenvalue weighted by atomic mass is 19.1. The Labute approximate surface area is 41.1 Å². The van der Waals surface area contributed by atoms with Crippen LogP contribution in [-0.4, -0.2) is 6.17 Å². The molecule has 1 rings (SSSR count). The zero-order valence-corrected chi connectivity index (χ0v) is 3.69.